The van der Waals surface area contributed by atoms with Crippen LogP contribution in [0.4, 0.5) is 5.69 Å². The SMILES string of the molecule is O=[N+]([O-])c1ccc(COc2ccc(-c3cc4cc5ccc(cc6nc(cc7nc(cc3[nH]4)C=C7)C=C6)[nH]5)cc2)cc1. The van der Waals surface area contributed by atoms with Crippen LogP contribution >= 0.6 is 0 Å². The van der Waals surface area contributed by atoms with Gasteiger partial charge in [0.05, 0.1) is 27.7 Å². The lowest BCUT2D eigenvalue weighted by Crippen LogP contribution is -1.96. The van der Waals surface area contributed by atoms with Gasteiger partial charge in [0.25, 0.3) is 5.69 Å². The van der Waals surface area contributed by atoms with E-state index in [0.717, 1.165) is 61.5 Å². The number of aromatic nitrogens is 4. The number of ether oxygens (including phenoxy) is 1. The third-order valence-corrected chi connectivity index (χ3v) is 6.89. The zero-order valence-electron chi connectivity index (χ0n) is 21.7. The number of fused-ring (bicyclic) bond motifs is 8. The fourth-order valence-electron chi connectivity index (χ4n) is 4.87. The second-order valence-corrected chi connectivity index (χ2v) is 9.82. The van der Waals surface area contributed by atoms with Gasteiger partial charge < -0.3 is 14.7 Å². The summed E-state index contributed by atoms with van der Waals surface area (Å²) in [5.41, 5.74) is 10.3. The number of nitrogens with zero attached hydrogens (tertiary/aromatic N) is 3. The molecule has 0 radical (unpaired) electrons. The summed E-state index contributed by atoms with van der Waals surface area (Å²) >= 11 is 0. The summed E-state index contributed by atoms with van der Waals surface area (Å²) in [5, 5.41) is 10.9. The maximum absolute atomic E-state index is 10.9. The molecule has 8 nitrogen and oxygen atoms in total. The number of H-pyrrole nitrogens is 2. The molecule has 7 rings (SSSR count). The van der Waals surface area contributed by atoms with Crippen molar-refractivity contribution < 1.29 is 9.66 Å². The fraction of sp³-hybridized carbons (Fsp3) is 0.0303. The van der Waals surface area contributed by atoms with Crippen molar-refractivity contribution in [1.82, 2.24) is 19.9 Å². The van der Waals surface area contributed by atoms with Crippen molar-refractivity contribution in [1.29, 1.82) is 0 Å². The lowest BCUT2D eigenvalue weighted by molar-refractivity contribution is -0.384. The molecule has 2 aliphatic rings. The topological polar surface area (TPSA) is 110 Å². The smallest absolute Gasteiger partial charge is 0.269 e. The second-order valence-electron chi connectivity index (χ2n) is 9.82. The van der Waals surface area contributed by atoms with Gasteiger partial charge in [0.15, 0.2) is 0 Å². The Morgan fingerprint density at radius 3 is 1.98 bits per heavy atom. The largest absolute Gasteiger partial charge is 0.489 e. The van der Waals surface area contributed by atoms with Gasteiger partial charge in [-0.1, -0.05) is 12.1 Å². The van der Waals surface area contributed by atoms with Crippen molar-refractivity contribution in [2.24, 2.45) is 0 Å². The van der Waals surface area contributed by atoms with Gasteiger partial charge in [-0.3, -0.25) is 10.1 Å². The molecule has 0 saturated heterocycles. The highest BCUT2D eigenvalue weighted by Gasteiger charge is 2.08. The van der Waals surface area contributed by atoms with Gasteiger partial charge in [0.1, 0.15) is 12.4 Å². The van der Waals surface area contributed by atoms with Gasteiger partial charge in [-0.15, -0.1) is 0 Å². The van der Waals surface area contributed by atoms with E-state index in [1.165, 1.54) is 12.1 Å². The van der Waals surface area contributed by atoms with E-state index in [9.17, 15) is 10.1 Å². The quantitative estimate of drug-likeness (QED) is 0.172. The number of rotatable bonds is 5. The van der Waals surface area contributed by atoms with Gasteiger partial charge in [-0.25, -0.2) is 9.97 Å². The number of nitro benzene ring substituents is 1. The molecule has 8 heteroatoms. The summed E-state index contributed by atoms with van der Waals surface area (Å²) in [5.74, 6) is 0.711. The summed E-state index contributed by atoms with van der Waals surface area (Å²) in [4.78, 5) is 26.9. The van der Waals surface area contributed by atoms with Crippen molar-refractivity contribution in [2.75, 3.05) is 0 Å². The van der Waals surface area contributed by atoms with Crippen LogP contribution in [0.5, 0.6) is 5.75 Å². The highest BCUT2D eigenvalue weighted by molar-refractivity contribution is 5.88. The predicted octanol–water partition coefficient (Wildman–Crippen LogP) is 7.81. The minimum Gasteiger partial charge on any atom is -0.489 e. The third-order valence-electron chi connectivity index (χ3n) is 6.89. The number of nitrogens with one attached hydrogen (secondary N) is 2. The summed E-state index contributed by atoms with van der Waals surface area (Å²) < 4.78 is 5.93. The molecule has 0 amide bonds. The number of non-ortho nitro benzene ring substituents is 1. The molecule has 198 valence electrons. The second kappa shape index (κ2) is 10.1. The van der Waals surface area contributed by atoms with Crippen molar-refractivity contribution in [3.63, 3.8) is 0 Å². The number of nitro groups is 1. The molecular formula is C33H23N5O3. The van der Waals surface area contributed by atoms with Gasteiger partial charge >= 0.3 is 0 Å². The molecular weight excluding hydrogens is 514 g/mol. The lowest BCUT2D eigenvalue weighted by atomic mass is 10.1. The van der Waals surface area contributed by atoms with Crippen LogP contribution in [-0.2, 0) is 6.61 Å². The van der Waals surface area contributed by atoms with Gasteiger partial charge in [-0.2, -0.15) is 0 Å². The van der Waals surface area contributed by atoms with E-state index >= 15 is 0 Å². The maximum atomic E-state index is 10.9. The highest BCUT2D eigenvalue weighted by Crippen LogP contribution is 2.29. The van der Waals surface area contributed by atoms with E-state index < -0.39 is 4.92 Å². The molecule has 0 unspecified atom stereocenters. The third kappa shape index (κ3) is 5.26. The van der Waals surface area contributed by atoms with E-state index in [-0.39, 0.29) is 5.69 Å². The molecule has 2 N–H and O–H groups in total. The number of hydrogen-bond donors (Lipinski definition) is 2. The van der Waals surface area contributed by atoms with Crippen molar-refractivity contribution >= 4 is 52.1 Å². The number of benzene rings is 2. The van der Waals surface area contributed by atoms with Crippen LogP contribution < -0.4 is 4.74 Å². The van der Waals surface area contributed by atoms with Crippen LogP contribution in [0.3, 0.4) is 0 Å². The Labute approximate surface area is 234 Å². The molecule has 3 aromatic heterocycles. The molecule has 0 aliphatic carbocycles. The first-order chi connectivity index (χ1) is 20.0. The fourth-order valence-corrected chi connectivity index (χ4v) is 4.87. The normalized spacial score (nSPS) is 12.0. The molecule has 5 aromatic rings. The average molecular weight is 538 g/mol. The minimum atomic E-state index is -0.410. The first kappa shape index (κ1) is 24.3. The van der Waals surface area contributed by atoms with E-state index in [4.69, 9.17) is 9.72 Å². The summed E-state index contributed by atoms with van der Waals surface area (Å²) in [6, 6.07) is 28.6. The number of hydrogen-bond acceptors (Lipinski definition) is 5. The van der Waals surface area contributed by atoms with Gasteiger partial charge in [0, 0.05) is 39.8 Å². The van der Waals surface area contributed by atoms with Crippen LogP contribution in [0.1, 0.15) is 28.3 Å². The summed E-state index contributed by atoms with van der Waals surface area (Å²) in [6.45, 7) is 0.318. The van der Waals surface area contributed by atoms with E-state index in [1.807, 2.05) is 78.9 Å². The van der Waals surface area contributed by atoms with Crippen LogP contribution in [0.25, 0.3) is 57.5 Å². The Kier molecular flexibility index (Phi) is 5.98. The van der Waals surface area contributed by atoms with E-state index in [1.54, 1.807) is 12.1 Å². The zero-order chi connectivity index (χ0) is 27.8. The molecule has 0 spiro atoms. The van der Waals surface area contributed by atoms with E-state index in [2.05, 4.69) is 27.1 Å². The molecule has 8 bridgehead atoms. The standard InChI is InChI=1S/C33H23N5O3/c39-38(40)30-11-1-21(2-12-30)20-41-31-13-3-22(4-14-31)32-18-29-17-27-8-7-25(35-27)15-23-5-6-24(34-23)16-26-9-10-28(36-26)19-33(32)37-29/h1-19,35,37H,20H2. The van der Waals surface area contributed by atoms with Crippen LogP contribution in [0.15, 0.2) is 91.0 Å². The molecule has 5 heterocycles. The summed E-state index contributed by atoms with van der Waals surface area (Å²) in [7, 11) is 0. The minimum absolute atomic E-state index is 0.0615. The van der Waals surface area contributed by atoms with Crippen LogP contribution in [0.2, 0.25) is 0 Å². The first-order valence-electron chi connectivity index (χ1n) is 13.1. The average Bonchev–Trinajstić information content (AvgIpc) is 3.78. The Hall–Kier alpha value is -5.76. The first-order valence-corrected chi connectivity index (χ1v) is 13.1. The Morgan fingerprint density at radius 2 is 1.29 bits per heavy atom. The van der Waals surface area contributed by atoms with Crippen LogP contribution in [0, 0.1) is 10.1 Å². The molecule has 0 atom stereocenters. The van der Waals surface area contributed by atoms with Gasteiger partial charge in [0.2, 0.25) is 0 Å². The van der Waals surface area contributed by atoms with Gasteiger partial charge in [-0.05, 0) is 102 Å². The van der Waals surface area contributed by atoms with Crippen molar-refractivity contribution in [3.8, 4) is 16.9 Å². The van der Waals surface area contributed by atoms with Crippen molar-refractivity contribution in [2.45, 2.75) is 6.61 Å². The Balaban J connectivity index is 1.25. The number of aromatic amines is 2. The molecule has 2 aromatic carbocycles. The molecule has 0 fully saturated rings. The van der Waals surface area contributed by atoms with Crippen LogP contribution in [-0.4, -0.2) is 24.9 Å². The van der Waals surface area contributed by atoms with E-state index in [0.29, 0.717) is 12.4 Å². The maximum Gasteiger partial charge on any atom is 0.269 e. The Bertz CT molecular complexity index is 2020. The predicted molar refractivity (Wildman–Crippen MR) is 162 cm³/mol. The monoisotopic (exact) mass is 537 g/mol. The zero-order valence-corrected chi connectivity index (χ0v) is 21.7. The molecule has 2 aliphatic heterocycles. The summed E-state index contributed by atoms with van der Waals surface area (Å²) in [6.07, 6.45) is 7.98. The molecule has 41 heavy (non-hydrogen) atoms. The Morgan fingerprint density at radius 1 is 0.659 bits per heavy atom. The highest BCUT2D eigenvalue weighted by atomic mass is 16.6. The van der Waals surface area contributed by atoms with Crippen molar-refractivity contribution in [3.05, 3.63) is 129 Å². The lowest BCUT2D eigenvalue weighted by Gasteiger charge is -2.07. The molecule has 0 saturated carbocycles.